The van der Waals surface area contributed by atoms with Gasteiger partial charge in [0.1, 0.15) is 16.5 Å². The monoisotopic (exact) mass is 427 g/mol. The lowest BCUT2D eigenvalue weighted by atomic mass is 9.82. The van der Waals surface area contributed by atoms with Crippen LogP contribution in [0, 0.1) is 18.6 Å². The second-order valence-corrected chi connectivity index (χ2v) is 9.80. The minimum atomic E-state index is -4.40. The fourth-order valence-electron chi connectivity index (χ4n) is 3.89. The number of aryl methyl sites for hydroxylation is 1. The molecule has 2 unspecified atom stereocenters. The molecule has 4 rings (SSSR count). The summed E-state index contributed by atoms with van der Waals surface area (Å²) in [5.41, 5.74) is 1.94. The van der Waals surface area contributed by atoms with Gasteiger partial charge in [-0.15, -0.1) is 0 Å². The van der Waals surface area contributed by atoms with E-state index in [0.29, 0.717) is 11.3 Å². The maximum Gasteiger partial charge on any atom is 0.251 e. The molecule has 1 fully saturated rings. The smallest absolute Gasteiger partial charge is 0.251 e. The molecule has 0 radical (unpaired) electrons. The van der Waals surface area contributed by atoms with Crippen molar-refractivity contribution in [1.82, 2.24) is 0 Å². The Hall–Kier alpha value is -3.06. The lowest BCUT2D eigenvalue weighted by molar-refractivity contribution is -0.127. The Labute approximate surface area is 173 Å². The Kier molecular flexibility index (Phi) is 4.73. The third-order valence-electron chi connectivity index (χ3n) is 5.61. The van der Waals surface area contributed by atoms with Crippen molar-refractivity contribution in [2.24, 2.45) is 0 Å². The molecule has 0 saturated carbocycles. The van der Waals surface area contributed by atoms with E-state index in [1.165, 1.54) is 48.2 Å². The Morgan fingerprint density at radius 3 is 2.10 bits per heavy atom. The molecule has 1 amide bonds. The highest BCUT2D eigenvalue weighted by Crippen LogP contribution is 2.52. The third kappa shape index (κ3) is 2.84. The number of benzene rings is 3. The molecule has 1 aliphatic rings. The van der Waals surface area contributed by atoms with Crippen LogP contribution < -0.4 is 4.90 Å². The summed E-state index contributed by atoms with van der Waals surface area (Å²) in [5.74, 6) is -2.06. The summed E-state index contributed by atoms with van der Waals surface area (Å²) in [6.07, 6.45) is 0. The van der Waals surface area contributed by atoms with Gasteiger partial charge in [-0.1, -0.05) is 42.0 Å². The fourth-order valence-corrected chi connectivity index (χ4v) is 5.79. The molecule has 3 aromatic rings. The van der Waals surface area contributed by atoms with Gasteiger partial charge in [-0.2, -0.15) is 0 Å². The highest BCUT2D eigenvalue weighted by molar-refractivity contribution is 7.93. The van der Waals surface area contributed by atoms with Crippen LogP contribution in [0.3, 0.4) is 0 Å². The average Bonchev–Trinajstić information content (AvgIpc) is 2.73. The van der Waals surface area contributed by atoms with E-state index in [0.717, 1.165) is 17.7 Å². The predicted molar refractivity (Wildman–Crippen MR) is 110 cm³/mol. The molecule has 0 spiro atoms. The van der Waals surface area contributed by atoms with E-state index in [4.69, 9.17) is 0 Å². The number of carbonyl (C=O) groups is 1. The van der Waals surface area contributed by atoms with Crippen molar-refractivity contribution in [3.8, 4) is 0 Å². The molecule has 0 aromatic heterocycles. The van der Waals surface area contributed by atoms with E-state index in [1.807, 2.05) is 19.1 Å². The van der Waals surface area contributed by atoms with Crippen molar-refractivity contribution in [1.29, 1.82) is 0 Å². The molecule has 0 bridgehead atoms. The van der Waals surface area contributed by atoms with Crippen molar-refractivity contribution in [2.45, 2.75) is 29.5 Å². The highest BCUT2D eigenvalue weighted by atomic mass is 32.2. The normalized spacial score (nSPS) is 21.4. The Balaban J connectivity index is 1.90. The van der Waals surface area contributed by atoms with Gasteiger partial charge in [0.15, 0.2) is 14.6 Å². The first-order valence-corrected chi connectivity index (χ1v) is 10.8. The molecule has 0 N–H and O–H groups in total. The summed E-state index contributed by atoms with van der Waals surface area (Å²) in [4.78, 5) is 14.1. The van der Waals surface area contributed by atoms with Crippen LogP contribution >= 0.6 is 0 Å². The Morgan fingerprint density at radius 1 is 0.900 bits per heavy atom. The first-order valence-electron chi connectivity index (χ1n) is 9.33. The number of hydrogen-bond acceptors (Lipinski definition) is 3. The fraction of sp³-hybridized carbons (Fsp3) is 0.174. The van der Waals surface area contributed by atoms with Crippen molar-refractivity contribution in [3.05, 3.63) is 95.6 Å². The van der Waals surface area contributed by atoms with Gasteiger partial charge in [0.05, 0.1) is 6.04 Å². The van der Waals surface area contributed by atoms with Crippen LogP contribution in [0.25, 0.3) is 0 Å². The first-order chi connectivity index (χ1) is 14.2. The van der Waals surface area contributed by atoms with Gasteiger partial charge >= 0.3 is 0 Å². The maximum atomic E-state index is 14.4. The first kappa shape index (κ1) is 20.2. The average molecular weight is 427 g/mol. The van der Waals surface area contributed by atoms with E-state index < -0.39 is 43.1 Å². The minimum Gasteiger partial charge on any atom is -0.301 e. The second-order valence-electron chi connectivity index (χ2n) is 7.51. The largest absolute Gasteiger partial charge is 0.301 e. The standard InChI is InChI=1S/C23H19F2NO3S/c1-15-7-13-18(14-8-15)26-21(16-9-11-17(24)12-10-16)23(2,22(26)27)30(28,29)20-6-4-3-5-19(20)25/h3-14,21H,1-2H3. The van der Waals surface area contributed by atoms with E-state index in [-0.39, 0.29) is 0 Å². The van der Waals surface area contributed by atoms with Crippen molar-refractivity contribution < 1.29 is 22.0 Å². The topological polar surface area (TPSA) is 54.5 Å². The molecule has 1 saturated heterocycles. The summed E-state index contributed by atoms with van der Waals surface area (Å²) in [7, 11) is -4.40. The Bertz CT molecular complexity index is 1220. The second kappa shape index (κ2) is 7.02. The van der Waals surface area contributed by atoms with Crippen LogP contribution in [-0.2, 0) is 14.6 Å². The molecule has 0 aliphatic carbocycles. The van der Waals surface area contributed by atoms with Crippen LogP contribution in [0.2, 0.25) is 0 Å². The number of nitrogens with zero attached hydrogens (tertiary/aromatic N) is 1. The Morgan fingerprint density at radius 2 is 1.50 bits per heavy atom. The van der Waals surface area contributed by atoms with Crippen molar-refractivity contribution in [2.75, 3.05) is 4.90 Å². The number of anilines is 1. The lowest BCUT2D eigenvalue weighted by Gasteiger charge is -2.53. The van der Waals surface area contributed by atoms with Crippen LogP contribution in [-0.4, -0.2) is 19.1 Å². The quantitative estimate of drug-likeness (QED) is 0.572. The number of halogens is 2. The zero-order valence-electron chi connectivity index (χ0n) is 16.3. The van der Waals surface area contributed by atoms with E-state index >= 15 is 0 Å². The summed E-state index contributed by atoms with van der Waals surface area (Å²) in [6.45, 7) is 3.20. The molecule has 2 atom stereocenters. The van der Waals surface area contributed by atoms with Crippen LogP contribution in [0.5, 0.6) is 0 Å². The molecule has 1 heterocycles. The van der Waals surface area contributed by atoms with Crippen LogP contribution in [0.4, 0.5) is 14.5 Å². The maximum absolute atomic E-state index is 14.4. The molecule has 1 aliphatic heterocycles. The number of amides is 1. The van der Waals surface area contributed by atoms with Crippen molar-refractivity contribution in [3.63, 3.8) is 0 Å². The lowest BCUT2D eigenvalue weighted by Crippen LogP contribution is -2.70. The number of carbonyl (C=O) groups excluding carboxylic acids is 1. The SMILES string of the molecule is Cc1ccc(N2C(=O)C(C)(S(=O)(=O)c3ccccc3F)C2c2ccc(F)cc2)cc1. The number of β-lactam (4-membered cyclic amide) rings is 1. The molecular weight excluding hydrogens is 408 g/mol. The number of hydrogen-bond donors (Lipinski definition) is 0. The molecular formula is C23H19F2NO3S. The summed E-state index contributed by atoms with van der Waals surface area (Å²) >= 11 is 0. The predicted octanol–water partition coefficient (Wildman–Crippen LogP) is 4.59. The van der Waals surface area contributed by atoms with Gasteiger partial charge in [0.25, 0.3) is 5.91 Å². The summed E-state index contributed by atoms with van der Waals surface area (Å²) < 4.78 is 52.9. The van der Waals surface area contributed by atoms with E-state index in [2.05, 4.69) is 0 Å². The molecule has 4 nitrogen and oxygen atoms in total. The highest BCUT2D eigenvalue weighted by Gasteiger charge is 2.67. The van der Waals surface area contributed by atoms with Gasteiger partial charge < -0.3 is 4.90 Å². The third-order valence-corrected chi connectivity index (χ3v) is 8.03. The van der Waals surface area contributed by atoms with Crippen LogP contribution in [0.15, 0.2) is 77.7 Å². The number of rotatable bonds is 4. The summed E-state index contributed by atoms with van der Waals surface area (Å²) in [5, 5.41) is 0. The van der Waals surface area contributed by atoms with E-state index in [9.17, 15) is 22.0 Å². The van der Waals surface area contributed by atoms with Gasteiger partial charge in [-0.25, -0.2) is 17.2 Å². The number of sulfone groups is 1. The van der Waals surface area contributed by atoms with Crippen LogP contribution in [0.1, 0.15) is 24.1 Å². The van der Waals surface area contributed by atoms with Crippen molar-refractivity contribution >= 4 is 21.4 Å². The van der Waals surface area contributed by atoms with Gasteiger partial charge in [-0.3, -0.25) is 4.79 Å². The zero-order chi connectivity index (χ0) is 21.7. The molecule has 30 heavy (non-hydrogen) atoms. The molecule has 7 heteroatoms. The summed E-state index contributed by atoms with van der Waals surface area (Å²) in [6, 6.07) is 16.4. The zero-order valence-corrected chi connectivity index (χ0v) is 17.2. The van der Waals surface area contributed by atoms with E-state index in [1.54, 1.807) is 12.1 Å². The molecule has 154 valence electrons. The van der Waals surface area contributed by atoms with Gasteiger partial charge in [-0.05, 0) is 55.8 Å². The molecule has 3 aromatic carbocycles. The van der Waals surface area contributed by atoms with Gasteiger partial charge in [0, 0.05) is 5.69 Å². The minimum absolute atomic E-state index is 0.444. The van der Waals surface area contributed by atoms with Gasteiger partial charge in [0.2, 0.25) is 0 Å².